The minimum atomic E-state index is -0.0206. The van der Waals surface area contributed by atoms with Crippen molar-refractivity contribution in [3.63, 3.8) is 0 Å². The molecule has 4 aromatic rings. The number of nitrogens with zero attached hydrogens (tertiary/aromatic N) is 7. The van der Waals surface area contributed by atoms with E-state index < -0.39 is 0 Å². The van der Waals surface area contributed by atoms with E-state index in [1.54, 1.807) is 26.2 Å². The Morgan fingerprint density at radius 2 is 1.97 bits per heavy atom. The Kier molecular flexibility index (Phi) is 4.50. The summed E-state index contributed by atoms with van der Waals surface area (Å²) in [6, 6.07) is 7.71. The molecule has 1 saturated heterocycles. The van der Waals surface area contributed by atoms with Gasteiger partial charge in [-0.15, -0.1) is 10.2 Å². The number of rotatable bonds is 3. The van der Waals surface area contributed by atoms with Crippen molar-refractivity contribution in [3.8, 4) is 11.3 Å². The van der Waals surface area contributed by atoms with E-state index in [2.05, 4.69) is 20.3 Å². The standard InChI is InChI=1S/C21H21N7O2/c1-13-19(14(2)30-26-13)21(29)27-10-7-15(8-11-27)20-24-23-18-6-5-17(25-28(18)20)16-4-3-9-22-12-16/h3-6,9,12,15H,7-8,10-11H2,1-2H3. The summed E-state index contributed by atoms with van der Waals surface area (Å²) in [5.41, 5.74) is 3.69. The van der Waals surface area contributed by atoms with Gasteiger partial charge in [0.2, 0.25) is 0 Å². The zero-order valence-electron chi connectivity index (χ0n) is 16.8. The first-order chi connectivity index (χ1) is 14.6. The van der Waals surface area contributed by atoms with Crippen LogP contribution in [0.25, 0.3) is 16.9 Å². The Balaban J connectivity index is 1.37. The summed E-state index contributed by atoms with van der Waals surface area (Å²) in [6.45, 7) is 4.85. The molecule has 0 saturated carbocycles. The molecule has 9 nitrogen and oxygen atoms in total. The topological polar surface area (TPSA) is 102 Å². The smallest absolute Gasteiger partial charge is 0.259 e. The van der Waals surface area contributed by atoms with Crippen LogP contribution in [0, 0.1) is 13.8 Å². The van der Waals surface area contributed by atoms with Gasteiger partial charge in [0.05, 0.1) is 11.4 Å². The van der Waals surface area contributed by atoms with E-state index in [1.165, 1.54) is 0 Å². The molecule has 30 heavy (non-hydrogen) atoms. The van der Waals surface area contributed by atoms with E-state index in [1.807, 2.05) is 33.7 Å². The van der Waals surface area contributed by atoms with Gasteiger partial charge in [-0.1, -0.05) is 5.16 Å². The van der Waals surface area contributed by atoms with Crippen molar-refractivity contribution >= 4 is 11.6 Å². The number of pyridine rings is 1. The summed E-state index contributed by atoms with van der Waals surface area (Å²) in [6.07, 6.45) is 5.13. The molecule has 4 aromatic heterocycles. The van der Waals surface area contributed by atoms with Gasteiger partial charge in [-0.25, -0.2) is 0 Å². The third-order valence-corrected chi connectivity index (χ3v) is 5.64. The molecule has 0 N–H and O–H groups in total. The molecular formula is C21H21N7O2. The molecule has 5 rings (SSSR count). The Hall–Kier alpha value is -3.62. The zero-order chi connectivity index (χ0) is 20.7. The van der Waals surface area contributed by atoms with Crippen molar-refractivity contribution in [1.29, 1.82) is 0 Å². The Morgan fingerprint density at radius 3 is 2.67 bits per heavy atom. The molecule has 0 atom stereocenters. The first-order valence-corrected chi connectivity index (χ1v) is 9.96. The van der Waals surface area contributed by atoms with Gasteiger partial charge in [-0.3, -0.25) is 9.78 Å². The second kappa shape index (κ2) is 7.33. The Morgan fingerprint density at radius 1 is 1.13 bits per heavy atom. The average Bonchev–Trinajstić information content (AvgIpc) is 3.36. The number of carbonyl (C=O) groups is 1. The number of aryl methyl sites for hydroxylation is 2. The van der Waals surface area contributed by atoms with Gasteiger partial charge in [0.25, 0.3) is 5.91 Å². The lowest BCUT2D eigenvalue weighted by molar-refractivity contribution is 0.0708. The van der Waals surface area contributed by atoms with Crippen LogP contribution in [0.2, 0.25) is 0 Å². The van der Waals surface area contributed by atoms with Gasteiger partial charge >= 0.3 is 0 Å². The summed E-state index contributed by atoms with van der Waals surface area (Å²) in [7, 11) is 0. The number of hydrogen-bond acceptors (Lipinski definition) is 7. The van der Waals surface area contributed by atoms with Crippen LogP contribution in [0.5, 0.6) is 0 Å². The van der Waals surface area contributed by atoms with Crippen LogP contribution in [-0.4, -0.2) is 53.8 Å². The van der Waals surface area contributed by atoms with E-state index >= 15 is 0 Å². The normalized spacial score (nSPS) is 15.1. The Bertz CT molecular complexity index is 1190. The minimum Gasteiger partial charge on any atom is -0.361 e. The van der Waals surface area contributed by atoms with Crippen LogP contribution in [0.4, 0.5) is 0 Å². The molecule has 0 aliphatic carbocycles. The monoisotopic (exact) mass is 403 g/mol. The van der Waals surface area contributed by atoms with Crippen LogP contribution < -0.4 is 0 Å². The highest BCUT2D eigenvalue weighted by Gasteiger charge is 2.30. The number of amides is 1. The number of carbonyl (C=O) groups excluding carboxylic acids is 1. The lowest BCUT2D eigenvalue weighted by Gasteiger charge is -2.31. The fourth-order valence-electron chi connectivity index (χ4n) is 4.02. The third kappa shape index (κ3) is 3.12. The van der Waals surface area contributed by atoms with Crippen LogP contribution in [0.1, 0.15) is 46.4 Å². The van der Waals surface area contributed by atoms with E-state index in [4.69, 9.17) is 9.62 Å². The van der Waals surface area contributed by atoms with E-state index in [0.29, 0.717) is 35.8 Å². The van der Waals surface area contributed by atoms with Crippen molar-refractivity contribution < 1.29 is 9.32 Å². The summed E-state index contributed by atoms with van der Waals surface area (Å²) in [5.74, 6) is 1.56. The Labute approximate surface area is 172 Å². The molecule has 1 aliphatic heterocycles. The van der Waals surface area contributed by atoms with Crippen LogP contribution in [0.15, 0.2) is 41.2 Å². The summed E-state index contributed by atoms with van der Waals surface area (Å²) in [4.78, 5) is 18.9. The van der Waals surface area contributed by atoms with Crippen molar-refractivity contribution in [3.05, 3.63) is 59.5 Å². The summed E-state index contributed by atoms with van der Waals surface area (Å²) >= 11 is 0. The maximum Gasteiger partial charge on any atom is 0.259 e. The number of fused-ring (bicyclic) bond motifs is 1. The molecule has 0 unspecified atom stereocenters. The fraction of sp³-hybridized carbons (Fsp3) is 0.333. The SMILES string of the molecule is Cc1noc(C)c1C(=O)N1CCC(c2nnc3ccc(-c4cccnc4)nn23)CC1. The average molecular weight is 403 g/mol. The molecule has 0 bridgehead atoms. The zero-order valence-corrected chi connectivity index (χ0v) is 16.8. The fourth-order valence-corrected chi connectivity index (χ4v) is 4.02. The highest BCUT2D eigenvalue weighted by molar-refractivity contribution is 5.96. The number of likely N-dealkylation sites (tertiary alicyclic amines) is 1. The first-order valence-electron chi connectivity index (χ1n) is 9.96. The van der Waals surface area contributed by atoms with Crippen molar-refractivity contribution in [2.75, 3.05) is 13.1 Å². The molecule has 5 heterocycles. The van der Waals surface area contributed by atoms with Crippen molar-refractivity contribution in [2.24, 2.45) is 0 Å². The van der Waals surface area contributed by atoms with Crippen molar-refractivity contribution in [1.82, 2.24) is 34.9 Å². The number of aromatic nitrogens is 6. The molecular weight excluding hydrogens is 382 g/mol. The molecule has 1 aliphatic rings. The third-order valence-electron chi connectivity index (χ3n) is 5.64. The van der Waals surface area contributed by atoms with E-state index in [9.17, 15) is 4.79 Å². The second-order valence-corrected chi connectivity index (χ2v) is 7.55. The molecule has 0 aromatic carbocycles. The molecule has 1 fully saturated rings. The summed E-state index contributed by atoms with van der Waals surface area (Å²) < 4.78 is 6.97. The van der Waals surface area contributed by atoms with Gasteiger partial charge in [0.1, 0.15) is 11.3 Å². The van der Waals surface area contributed by atoms with E-state index in [-0.39, 0.29) is 11.8 Å². The predicted octanol–water partition coefficient (Wildman–Crippen LogP) is 2.81. The first kappa shape index (κ1) is 18.4. The highest BCUT2D eigenvalue weighted by atomic mass is 16.5. The van der Waals surface area contributed by atoms with Crippen LogP contribution >= 0.6 is 0 Å². The molecule has 152 valence electrons. The molecule has 1 amide bonds. The quantitative estimate of drug-likeness (QED) is 0.518. The van der Waals surface area contributed by atoms with Gasteiger partial charge in [-0.05, 0) is 51.0 Å². The van der Waals surface area contributed by atoms with Gasteiger partial charge in [-0.2, -0.15) is 9.61 Å². The maximum atomic E-state index is 12.9. The summed E-state index contributed by atoms with van der Waals surface area (Å²) in [5, 5.41) is 17.3. The minimum absolute atomic E-state index is 0.0206. The van der Waals surface area contributed by atoms with Crippen molar-refractivity contribution in [2.45, 2.75) is 32.6 Å². The highest BCUT2D eigenvalue weighted by Crippen LogP contribution is 2.29. The van der Waals surface area contributed by atoms with Gasteiger partial charge in [0.15, 0.2) is 11.5 Å². The van der Waals surface area contributed by atoms with Gasteiger partial charge < -0.3 is 9.42 Å². The predicted molar refractivity (Wildman–Crippen MR) is 108 cm³/mol. The number of piperidine rings is 1. The van der Waals surface area contributed by atoms with Gasteiger partial charge in [0, 0.05) is 37.0 Å². The lowest BCUT2D eigenvalue weighted by atomic mass is 9.95. The van der Waals surface area contributed by atoms with Crippen LogP contribution in [0.3, 0.4) is 0 Å². The molecule has 0 radical (unpaired) electrons. The number of hydrogen-bond donors (Lipinski definition) is 0. The lowest BCUT2D eigenvalue weighted by Crippen LogP contribution is -2.38. The molecule has 0 spiro atoms. The van der Waals surface area contributed by atoms with E-state index in [0.717, 1.165) is 29.9 Å². The van der Waals surface area contributed by atoms with Crippen LogP contribution in [-0.2, 0) is 0 Å². The maximum absolute atomic E-state index is 12.9. The largest absolute Gasteiger partial charge is 0.361 e. The molecule has 9 heteroatoms. The second-order valence-electron chi connectivity index (χ2n) is 7.55.